The van der Waals surface area contributed by atoms with Gasteiger partial charge in [0.1, 0.15) is 0 Å². The van der Waals surface area contributed by atoms with Crippen molar-refractivity contribution in [1.82, 2.24) is 9.80 Å². The van der Waals surface area contributed by atoms with Gasteiger partial charge in [-0.3, -0.25) is 9.69 Å². The summed E-state index contributed by atoms with van der Waals surface area (Å²) in [6, 6.07) is 0. The molecule has 0 saturated carbocycles. The van der Waals surface area contributed by atoms with Gasteiger partial charge in [0, 0.05) is 33.7 Å². The standard InChI is InChI=1S/C12H23N3O2S/c1-14(7-5-11(13)18)12(16)9-15-6-3-4-10(8-15)17-2/h10H,3-9H2,1-2H3,(H2,13,18). The minimum Gasteiger partial charge on any atom is -0.393 e. The number of nitrogens with zero attached hydrogens (tertiary/aromatic N) is 2. The Bertz CT molecular complexity index is 299. The minimum atomic E-state index is 0.114. The Morgan fingerprint density at radius 3 is 2.94 bits per heavy atom. The molecule has 0 aliphatic carbocycles. The van der Waals surface area contributed by atoms with Crippen LogP contribution in [0.2, 0.25) is 0 Å². The van der Waals surface area contributed by atoms with E-state index < -0.39 is 0 Å². The van der Waals surface area contributed by atoms with E-state index in [1.54, 1.807) is 19.1 Å². The van der Waals surface area contributed by atoms with Crippen LogP contribution in [0.1, 0.15) is 19.3 Å². The fourth-order valence-corrected chi connectivity index (χ4v) is 2.15. The molecule has 0 aromatic carbocycles. The third-order valence-electron chi connectivity index (χ3n) is 3.27. The SMILES string of the molecule is COC1CCCN(CC(=O)N(C)CCC(N)=S)C1. The highest BCUT2D eigenvalue weighted by molar-refractivity contribution is 7.80. The second-order valence-electron chi connectivity index (χ2n) is 4.77. The van der Waals surface area contributed by atoms with Crippen LogP contribution < -0.4 is 5.73 Å². The van der Waals surface area contributed by atoms with E-state index in [2.05, 4.69) is 4.90 Å². The quantitative estimate of drug-likeness (QED) is 0.702. The van der Waals surface area contributed by atoms with Crippen LogP contribution >= 0.6 is 12.2 Å². The third kappa shape index (κ3) is 5.29. The van der Waals surface area contributed by atoms with Crippen molar-refractivity contribution in [3.05, 3.63) is 0 Å². The minimum absolute atomic E-state index is 0.114. The summed E-state index contributed by atoms with van der Waals surface area (Å²) < 4.78 is 5.34. The summed E-state index contributed by atoms with van der Waals surface area (Å²) in [5.74, 6) is 0.114. The molecule has 1 heterocycles. The van der Waals surface area contributed by atoms with Crippen molar-refractivity contribution in [3.8, 4) is 0 Å². The molecule has 5 nitrogen and oxygen atoms in total. The van der Waals surface area contributed by atoms with E-state index in [-0.39, 0.29) is 12.0 Å². The lowest BCUT2D eigenvalue weighted by Crippen LogP contribution is -2.45. The van der Waals surface area contributed by atoms with E-state index in [1.165, 1.54) is 0 Å². The van der Waals surface area contributed by atoms with Crippen LogP contribution in [0.5, 0.6) is 0 Å². The van der Waals surface area contributed by atoms with Gasteiger partial charge >= 0.3 is 0 Å². The van der Waals surface area contributed by atoms with Crippen molar-refractivity contribution in [2.24, 2.45) is 5.73 Å². The molecular weight excluding hydrogens is 250 g/mol. The van der Waals surface area contributed by atoms with E-state index in [9.17, 15) is 4.79 Å². The van der Waals surface area contributed by atoms with Crippen molar-refractivity contribution in [2.75, 3.05) is 40.3 Å². The third-order valence-corrected chi connectivity index (χ3v) is 3.48. The molecule has 1 amide bonds. The maximum atomic E-state index is 12.0. The molecule has 1 fully saturated rings. The Balaban J connectivity index is 2.32. The Hall–Kier alpha value is -0.720. The predicted octanol–water partition coefficient (Wildman–Crippen LogP) is 0.232. The molecule has 0 aromatic heterocycles. The number of likely N-dealkylation sites (N-methyl/N-ethyl adjacent to an activating group) is 1. The lowest BCUT2D eigenvalue weighted by Gasteiger charge is -2.32. The number of hydrogen-bond acceptors (Lipinski definition) is 4. The zero-order chi connectivity index (χ0) is 13.5. The Morgan fingerprint density at radius 1 is 1.61 bits per heavy atom. The Labute approximate surface area is 114 Å². The first-order valence-electron chi connectivity index (χ1n) is 6.30. The van der Waals surface area contributed by atoms with Gasteiger partial charge in [0.25, 0.3) is 0 Å². The monoisotopic (exact) mass is 273 g/mol. The topological polar surface area (TPSA) is 58.8 Å². The number of nitrogens with two attached hydrogens (primary N) is 1. The van der Waals surface area contributed by atoms with Crippen molar-refractivity contribution in [3.63, 3.8) is 0 Å². The van der Waals surface area contributed by atoms with E-state index >= 15 is 0 Å². The van der Waals surface area contributed by atoms with Gasteiger partial charge in [-0.1, -0.05) is 12.2 Å². The smallest absolute Gasteiger partial charge is 0.236 e. The normalized spacial score (nSPS) is 20.7. The number of likely N-dealkylation sites (tertiary alicyclic amines) is 1. The first kappa shape index (κ1) is 15.3. The van der Waals surface area contributed by atoms with Crippen LogP contribution in [-0.2, 0) is 9.53 Å². The number of rotatable bonds is 6. The van der Waals surface area contributed by atoms with Gasteiger partial charge in [-0.2, -0.15) is 0 Å². The molecule has 1 aliphatic rings. The zero-order valence-electron chi connectivity index (χ0n) is 11.2. The highest BCUT2D eigenvalue weighted by atomic mass is 32.1. The second kappa shape index (κ2) is 7.66. The number of piperidine rings is 1. The van der Waals surface area contributed by atoms with Crippen LogP contribution in [0.3, 0.4) is 0 Å². The molecule has 1 rings (SSSR count). The van der Waals surface area contributed by atoms with Gasteiger partial charge in [-0.05, 0) is 19.4 Å². The molecule has 2 N–H and O–H groups in total. The van der Waals surface area contributed by atoms with Gasteiger partial charge in [-0.15, -0.1) is 0 Å². The van der Waals surface area contributed by atoms with Crippen molar-refractivity contribution < 1.29 is 9.53 Å². The maximum Gasteiger partial charge on any atom is 0.236 e. The summed E-state index contributed by atoms with van der Waals surface area (Å²) in [5, 5.41) is 0. The number of ether oxygens (including phenoxy) is 1. The average Bonchev–Trinajstić information content (AvgIpc) is 2.36. The number of hydrogen-bond donors (Lipinski definition) is 1. The van der Waals surface area contributed by atoms with E-state index in [0.717, 1.165) is 25.9 Å². The average molecular weight is 273 g/mol. The summed E-state index contributed by atoms with van der Waals surface area (Å²) in [5.41, 5.74) is 5.43. The molecule has 0 radical (unpaired) electrons. The number of carbonyl (C=O) groups is 1. The fourth-order valence-electron chi connectivity index (χ4n) is 2.06. The highest BCUT2D eigenvalue weighted by Crippen LogP contribution is 2.12. The largest absolute Gasteiger partial charge is 0.393 e. The molecule has 0 spiro atoms. The summed E-state index contributed by atoms with van der Waals surface area (Å²) in [6.45, 7) is 2.85. The summed E-state index contributed by atoms with van der Waals surface area (Å²) in [7, 11) is 3.52. The number of carbonyl (C=O) groups excluding carboxylic acids is 1. The highest BCUT2D eigenvalue weighted by Gasteiger charge is 2.22. The molecule has 1 atom stereocenters. The van der Waals surface area contributed by atoms with Crippen LogP contribution in [0, 0.1) is 0 Å². The first-order chi connectivity index (χ1) is 8.52. The predicted molar refractivity (Wildman–Crippen MR) is 75.5 cm³/mol. The van der Waals surface area contributed by atoms with E-state index in [0.29, 0.717) is 24.5 Å². The Kier molecular flexibility index (Phi) is 6.52. The van der Waals surface area contributed by atoms with Crippen molar-refractivity contribution >= 4 is 23.1 Å². The van der Waals surface area contributed by atoms with Gasteiger partial charge in [0.15, 0.2) is 0 Å². The van der Waals surface area contributed by atoms with Crippen LogP contribution in [-0.4, -0.2) is 67.1 Å². The lowest BCUT2D eigenvalue weighted by molar-refractivity contribution is -0.131. The Morgan fingerprint density at radius 2 is 2.33 bits per heavy atom. The number of thiocarbonyl (C=S) groups is 1. The van der Waals surface area contributed by atoms with Gasteiger partial charge in [-0.25, -0.2) is 0 Å². The van der Waals surface area contributed by atoms with Gasteiger partial charge < -0.3 is 15.4 Å². The molecular formula is C12H23N3O2S. The fraction of sp³-hybridized carbons (Fsp3) is 0.833. The molecule has 18 heavy (non-hydrogen) atoms. The maximum absolute atomic E-state index is 12.0. The van der Waals surface area contributed by atoms with Gasteiger partial charge in [0.05, 0.1) is 17.6 Å². The van der Waals surface area contributed by atoms with Crippen LogP contribution in [0.4, 0.5) is 0 Å². The van der Waals surface area contributed by atoms with Crippen LogP contribution in [0.15, 0.2) is 0 Å². The lowest BCUT2D eigenvalue weighted by atomic mass is 10.1. The molecule has 1 aliphatic heterocycles. The van der Waals surface area contributed by atoms with Crippen LogP contribution in [0.25, 0.3) is 0 Å². The molecule has 1 unspecified atom stereocenters. The number of amides is 1. The molecule has 0 bridgehead atoms. The van der Waals surface area contributed by atoms with Crippen molar-refractivity contribution in [1.29, 1.82) is 0 Å². The van der Waals surface area contributed by atoms with E-state index in [1.807, 2.05) is 0 Å². The molecule has 6 heteroatoms. The summed E-state index contributed by atoms with van der Waals surface area (Å²) in [6.07, 6.45) is 3.01. The van der Waals surface area contributed by atoms with Crippen molar-refractivity contribution in [2.45, 2.75) is 25.4 Å². The molecule has 104 valence electrons. The second-order valence-corrected chi connectivity index (χ2v) is 5.29. The zero-order valence-corrected chi connectivity index (χ0v) is 12.0. The number of methoxy groups -OCH3 is 1. The summed E-state index contributed by atoms with van der Waals surface area (Å²) >= 11 is 4.81. The van der Waals surface area contributed by atoms with E-state index in [4.69, 9.17) is 22.7 Å². The van der Waals surface area contributed by atoms with Gasteiger partial charge in [0.2, 0.25) is 5.91 Å². The molecule has 1 saturated heterocycles. The molecule has 0 aromatic rings. The first-order valence-corrected chi connectivity index (χ1v) is 6.71. The summed E-state index contributed by atoms with van der Waals surface area (Å²) in [4.78, 5) is 16.3.